The number of Topliss-reactive ketones (excluding diaryl/α,β-unsaturated/α-hetero) is 1. The maximum absolute atomic E-state index is 12.2. The van der Waals surface area contributed by atoms with Crippen LogP contribution in [0.3, 0.4) is 0 Å². The zero-order valence-corrected chi connectivity index (χ0v) is 15.2. The minimum absolute atomic E-state index is 0.133. The van der Waals surface area contributed by atoms with Crippen molar-refractivity contribution in [1.82, 2.24) is 0 Å². The highest BCUT2D eigenvalue weighted by molar-refractivity contribution is 5.82. The topological polar surface area (TPSA) is 69.7 Å². The van der Waals surface area contributed by atoms with Crippen LogP contribution in [-0.4, -0.2) is 31.4 Å². The van der Waals surface area contributed by atoms with Crippen molar-refractivity contribution in [3.8, 4) is 0 Å². The van der Waals surface area contributed by atoms with Crippen molar-refractivity contribution in [2.24, 2.45) is 34.5 Å². The summed E-state index contributed by atoms with van der Waals surface area (Å²) in [5.41, 5.74) is -0.0980. The Balaban J connectivity index is 1.66. The molecule has 3 saturated carbocycles. The smallest absolute Gasteiger partial charge is 0.306 e. The number of fused-ring (bicyclic) bond motifs is 4. The van der Waals surface area contributed by atoms with Crippen LogP contribution in [0, 0.1) is 34.5 Å². The number of hydrogen-bond acceptors (Lipinski definition) is 5. The van der Waals surface area contributed by atoms with Crippen molar-refractivity contribution < 1.29 is 23.9 Å². The first-order valence-electron chi connectivity index (χ1n) is 9.62. The highest BCUT2D eigenvalue weighted by atomic mass is 16.5. The van der Waals surface area contributed by atoms with E-state index in [1.165, 1.54) is 7.11 Å². The minimum atomic E-state index is -0.235. The van der Waals surface area contributed by atoms with E-state index in [1.54, 1.807) is 0 Å². The van der Waals surface area contributed by atoms with Crippen molar-refractivity contribution >= 4 is 17.7 Å². The van der Waals surface area contributed by atoms with Gasteiger partial charge < -0.3 is 9.47 Å². The zero-order valence-electron chi connectivity index (χ0n) is 15.2. The fourth-order valence-corrected chi connectivity index (χ4v) is 6.84. The molecule has 0 aromatic rings. The van der Waals surface area contributed by atoms with Crippen LogP contribution in [0.1, 0.15) is 58.3 Å². The summed E-state index contributed by atoms with van der Waals surface area (Å²) in [5.74, 6) is 1.52. The number of carbonyl (C=O) groups excluding carboxylic acids is 3. The summed E-state index contributed by atoms with van der Waals surface area (Å²) < 4.78 is 10.3. The van der Waals surface area contributed by atoms with Gasteiger partial charge in [-0.15, -0.1) is 0 Å². The Morgan fingerprint density at radius 2 is 2.00 bits per heavy atom. The number of esters is 2. The Hall–Kier alpha value is -1.39. The van der Waals surface area contributed by atoms with Gasteiger partial charge in [0.2, 0.25) is 0 Å². The summed E-state index contributed by atoms with van der Waals surface area (Å²) in [7, 11) is 1.42. The van der Waals surface area contributed by atoms with Gasteiger partial charge in [0.25, 0.3) is 0 Å². The highest BCUT2D eigenvalue weighted by Crippen LogP contribution is 2.65. The molecule has 0 amide bonds. The Morgan fingerprint density at radius 3 is 2.68 bits per heavy atom. The summed E-state index contributed by atoms with van der Waals surface area (Å²) >= 11 is 0. The van der Waals surface area contributed by atoms with E-state index >= 15 is 0 Å². The molecule has 1 saturated heterocycles. The molecule has 0 N–H and O–H groups in total. The fraction of sp³-hybridized carbons (Fsp3) is 0.850. The fourth-order valence-electron chi connectivity index (χ4n) is 6.84. The van der Waals surface area contributed by atoms with Crippen LogP contribution < -0.4 is 0 Å². The van der Waals surface area contributed by atoms with Gasteiger partial charge in [0.1, 0.15) is 5.78 Å². The van der Waals surface area contributed by atoms with Crippen molar-refractivity contribution in [2.75, 3.05) is 13.7 Å². The van der Waals surface area contributed by atoms with E-state index in [2.05, 4.69) is 6.92 Å². The molecule has 1 aliphatic heterocycles. The summed E-state index contributed by atoms with van der Waals surface area (Å²) in [6, 6.07) is 0. The Bertz CT molecular complexity index is 613. The number of methoxy groups -OCH3 is 1. The van der Waals surface area contributed by atoms with E-state index < -0.39 is 0 Å². The molecule has 5 heteroatoms. The average Bonchev–Trinajstić information content (AvgIpc) is 3.09. The van der Waals surface area contributed by atoms with E-state index in [0.717, 1.165) is 32.1 Å². The van der Waals surface area contributed by atoms with Gasteiger partial charge in [-0.2, -0.15) is 0 Å². The molecule has 0 bridgehead atoms. The SMILES string of the molecule is COC(=O)CC1CC[C@H]2[C@@H]3CC(=O)C[C@@]3(C)CC[C@@H]2[C@]12COC(=O)C2. The Morgan fingerprint density at radius 1 is 1.20 bits per heavy atom. The van der Waals surface area contributed by atoms with E-state index in [4.69, 9.17) is 9.47 Å². The van der Waals surface area contributed by atoms with Gasteiger partial charge >= 0.3 is 11.9 Å². The summed E-state index contributed by atoms with van der Waals surface area (Å²) in [4.78, 5) is 36.2. The first-order valence-corrected chi connectivity index (χ1v) is 9.62. The molecule has 5 nitrogen and oxygen atoms in total. The third-order valence-corrected chi connectivity index (χ3v) is 8.02. The largest absolute Gasteiger partial charge is 0.469 e. The van der Waals surface area contributed by atoms with Gasteiger partial charge in [-0.3, -0.25) is 14.4 Å². The van der Waals surface area contributed by atoms with Crippen LogP contribution in [-0.2, 0) is 23.9 Å². The molecular formula is C20H28O5. The van der Waals surface area contributed by atoms with E-state index in [1.807, 2.05) is 0 Å². The first kappa shape index (κ1) is 17.0. The number of carbonyl (C=O) groups is 3. The number of rotatable bonds is 2. The van der Waals surface area contributed by atoms with Gasteiger partial charge in [0.15, 0.2) is 0 Å². The van der Waals surface area contributed by atoms with Crippen LogP contribution in [0.2, 0.25) is 0 Å². The molecule has 1 spiro atoms. The third-order valence-electron chi connectivity index (χ3n) is 8.02. The van der Waals surface area contributed by atoms with E-state index in [-0.39, 0.29) is 28.7 Å². The Kier molecular flexibility index (Phi) is 3.97. The van der Waals surface area contributed by atoms with Crippen LogP contribution >= 0.6 is 0 Å². The van der Waals surface area contributed by atoms with Crippen LogP contribution in [0.15, 0.2) is 0 Å². The van der Waals surface area contributed by atoms with Gasteiger partial charge in [-0.05, 0) is 54.8 Å². The molecular weight excluding hydrogens is 320 g/mol. The first-order chi connectivity index (χ1) is 11.9. The maximum Gasteiger partial charge on any atom is 0.306 e. The molecule has 4 aliphatic rings. The average molecular weight is 348 g/mol. The molecule has 4 rings (SSSR count). The molecule has 1 unspecified atom stereocenters. The quantitative estimate of drug-likeness (QED) is 0.718. The lowest BCUT2D eigenvalue weighted by molar-refractivity contribution is -0.148. The van der Waals surface area contributed by atoms with Crippen LogP contribution in [0.25, 0.3) is 0 Å². The van der Waals surface area contributed by atoms with Gasteiger partial charge in [0.05, 0.1) is 20.1 Å². The molecule has 6 atom stereocenters. The van der Waals surface area contributed by atoms with Crippen molar-refractivity contribution in [2.45, 2.75) is 58.3 Å². The van der Waals surface area contributed by atoms with Crippen molar-refractivity contribution in [3.05, 3.63) is 0 Å². The number of ketones is 1. The zero-order chi connectivity index (χ0) is 17.8. The minimum Gasteiger partial charge on any atom is -0.469 e. The monoisotopic (exact) mass is 348 g/mol. The summed E-state index contributed by atoms with van der Waals surface area (Å²) in [5, 5.41) is 0. The lowest BCUT2D eigenvalue weighted by Gasteiger charge is -2.57. The normalized spacial score (nSPS) is 45.8. The second-order valence-electron chi connectivity index (χ2n) is 9.11. The third kappa shape index (κ3) is 2.53. The molecule has 0 aromatic carbocycles. The summed E-state index contributed by atoms with van der Waals surface area (Å²) in [6.45, 7) is 2.72. The lowest BCUT2D eigenvalue weighted by Crippen LogP contribution is -2.53. The van der Waals surface area contributed by atoms with Gasteiger partial charge in [-0.25, -0.2) is 0 Å². The maximum atomic E-state index is 12.2. The van der Waals surface area contributed by atoms with Crippen LogP contribution in [0.5, 0.6) is 0 Å². The molecule has 138 valence electrons. The van der Waals surface area contributed by atoms with E-state index in [0.29, 0.717) is 49.4 Å². The van der Waals surface area contributed by atoms with E-state index in [9.17, 15) is 14.4 Å². The molecule has 4 fully saturated rings. The number of cyclic esters (lactones) is 1. The highest BCUT2D eigenvalue weighted by Gasteiger charge is 2.62. The second kappa shape index (κ2) is 5.82. The van der Waals surface area contributed by atoms with Crippen molar-refractivity contribution in [3.63, 3.8) is 0 Å². The lowest BCUT2D eigenvalue weighted by atomic mass is 9.47. The molecule has 1 heterocycles. The van der Waals surface area contributed by atoms with Crippen molar-refractivity contribution in [1.29, 1.82) is 0 Å². The summed E-state index contributed by atoms with van der Waals surface area (Å²) in [6.07, 6.45) is 6.28. The van der Waals surface area contributed by atoms with Gasteiger partial charge in [-0.1, -0.05) is 6.92 Å². The number of ether oxygens (including phenoxy) is 2. The van der Waals surface area contributed by atoms with Crippen LogP contribution in [0.4, 0.5) is 0 Å². The standard InChI is InChI=1S/C20H28O5/c1-19-6-5-15-14(16(19)8-13(21)9-19)4-3-12(7-17(22)24-2)20(15)10-18(23)25-11-20/h12,14-16H,3-11H2,1-2H3/t12?,14-,15+,16+,19-,20-/m1/s1. The molecule has 0 radical (unpaired) electrons. The van der Waals surface area contributed by atoms with Gasteiger partial charge in [0, 0.05) is 24.7 Å². The predicted octanol–water partition coefficient (Wildman–Crippen LogP) is 2.90. The second-order valence-corrected chi connectivity index (χ2v) is 9.11. The molecule has 25 heavy (non-hydrogen) atoms. The predicted molar refractivity (Wildman–Crippen MR) is 89.4 cm³/mol. The molecule has 3 aliphatic carbocycles. The molecule has 0 aromatic heterocycles. The Labute approximate surface area is 148 Å². The number of hydrogen-bond donors (Lipinski definition) is 0.